The van der Waals surface area contributed by atoms with Crippen LogP contribution < -0.4 is 0 Å². The molecule has 0 saturated heterocycles. The van der Waals surface area contributed by atoms with Gasteiger partial charge in [-0.25, -0.2) is 0 Å². The van der Waals surface area contributed by atoms with Crippen LogP contribution in [0, 0.1) is 13.8 Å². The minimum atomic E-state index is -0.602. The number of nitrogens with zero attached hydrogens (tertiary/aromatic N) is 2. The molecule has 2 rings (SSSR count). The van der Waals surface area contributed by atoms with Crippen LogP contribution in [0.25, 0.3) is 0 Å². The first-order valence-electron chi connectivity index (χ1n) is 4.81. The van der Waals surface area contributed by atoms with Crippen LogP contribution in [-0.4, -0.2) is 14.9 Å². The number of aromatic nitrogens is 2. The van der Waals surface area contributed by atoms with Gasteiger partial charge in [-0.05, 0) is 36.9 Å². The SMILES string of the molecule is Cc1cc([C@@H](O)c2cc(C)n(C)n2)cs1. The van der Waals surface area contributed by atoms with Gasteiger partial charge in [0.25, 0.3) is 0 Å². The van der Waals surface area contributed by atoms with Crippen LogP contribution >= 0.6 is 11.3 Å². The number of rotatable bonds is 2. The lowest BCUT2D eigenvalue weighted by atomic mass is 10.1. The predicted molar refractivity (Wildman–Crippen MR) is 61.1 cm³/mol. The summed E-state index contributed by atoms with van der Waals surface area (Å²) < 4.78 is 1.78. The van der Waals surface area contributed by atoms with E-state index in [-0.39, 0.29) is 0 Å². The standard InChI is InChI=1S/C11H14N2OS/c1-7-4-10(12-13(7)3)11(14)9-5-8(2)15-6-9/h4-6,11,14H,1-3H3/t11-/m1/s1. The summed E-state index contributed by atoms with van der Waals surface area (Å²) in [5.41, 5.74) is 2.69. The number of thiophene rings is 1. The van der Waals surface area contributed by atoms with Gasteiger partial charge in [0.15, 0.2) is 0 Å². The van der Waals surface area contributed by atoms with Gasteiger partial charge in [0, 0.05) is 17.6 Å². The van der Waals surface area contributed by atoms with E-state index in [0.29, 0.717) is 5.69 Å². The van der Waals surface area contributed by atoms with Crippen LogP contribution in [0.4, 0.5) is 0 Å². The first kappa shape index (κ1) is 10.4. The van der Waals surface area contributed by atoms with Gasteiger partial charge in [-0.15, -0.1) is 11.3 Å². The molecule has 0 bridgehead atoms. The summed E-state index contributed by atoms with van der Waals surface area (Å²) in [5.74, 6) is 0. The third kappa shape index (κ3) is 1.96. The normalized spacial score (nSPS) is 13.1. The molecule has 0 unspecified atom stereocenters. The number of aryl methyl sites for hydroxylation is 3. The van der Waals surface area contributed by atoms with Crippen LogP contribution in [0.1, 0.15) is 27.9 Å². The Kier molecular flexibility index (Phi) is 2.63. The summed E-state index contributed by atoms with van der Waals surface area (Å²) >= 11 is 1.64. The Bertz CT molecular complexity index is 453. The van der Waals surface area contributed by atoms with E-state index in [1.54, 1.807) is 16.0 Å². The molecule has 0 amide bonds. The smallest absolute Gasteiger partial charge is 0.124 e. The van der Waals surface area contributed by atoms with Crippen molar-refractivity contribution in [1.82, 2.24) is 9.78 Å². The predicted octanol–water partition coefficient (Wildman–Crippen LogP) is 2.18. The highest BCUT2D eigenvalue weighted by Crippen LogP contribution is 2.25. The van der Waals surface area contributed by atoms with Crippen LogP contribution in [0.15, 0.2) is 17.5 Å². The van der Waals surface area contributed by atoms with Gasteiger partial charge in [0.05, 0.1) is 5.69 Å². The molecule has 80 valence electrons. The Morgan fingerprint density at radius 2 is 2.13 bits per heavy atom. The van der Waals surface area contributed by atoms with E-state index >= 15 is 0 Å². The Morgan fingerprint density at radius 1 is 1.40 bits per heavy atom. The van der Waals surface area contributed by atoms with E-state index in [1.165, 1.54) is 4.88 Å². The average Bonchev–Trinajstić information content (AvgIpc) is 2.74. The molecule has 0 aliphatic carbocycles. The number of hydrogen-bond acceptors (Lipinski definition) is 3. The molecule has 0 saturated carbocycles. The second-order valence-corrected chi connectivity index (χ2v) is 4.84. The average molecular weight is 222 g/mol. The molecule has 15 heavy (non-hydrogen) atoms. The van der Waals surface area contributed by atoms with Gasteiger partial charge in [-0.3, -0.25) is 4.68 Å². The zero-order valence-electron chi connectivity index (χ0n) is 9.06. The van der Waals surface area contributed by atoms with Crippen molar-refractivity contribution in [2.45, 2.75) is 20.0 Å². The number of aliphatic hydroxyl groups excluding tert-OH is 1. The summed E-state index contributed by atoms with van der Waals surface area (Å²) in [6, 6.07) is 3.91. The van der Waals surface area contributed by atoms with E-state index in [2.05, 4.69) is 5.10 Å². The molecule has 0 fully saturated rings. The van der Waals surface area contributed by atoms with E-state index in [1.807, 2.05) is 38.4 Å². The third-order valence-electron chi connectivity index (χ3n) is 2.48. The molecule has 0 spiro atoms. The largest absolute Gasteiger partial charge is 0.382 e. The van der Waals surface area contributed by atoms with Gasteiger partial charge in [-0.1, -0.05) is 0 Å². The zero-order chi connectivity index (χ0) is 11.0. The maximum absolute atomic E-state index is 10.1. The summed E-state index contributed by atoms with van der Waals surface area (Å²) in [4.78, 5) is 1.21. The van der Waals surface area contributed by atoms with Crippen LogP contribution in [-0.2, 0) is 7.05 Å². The summed E-state index contributed by atoms with van der Waals surface area (Å²) in [5, 5.41) is 16.3. The molecule has 0 aliphatic heterocycles. The highest BCUT2D eigenvalue weighted by atomic mass is 32.1. The molecule has 2 aromatic rings. The van der Waals surface area contributed by atoms with Crippen LogP contribution in [0.2, 0.25) is 0 Å². The lowest BCUT2D eigenvalue weighted by Gasteiger charge is -2.03. The third-order valence-corrected chi connectivity index (χ3v) is 3.36. The Hall–Kier alpha value is -1.13. The van der Waals surface area contributed by atoms with Crippen molar-refractivity contribution < 1.29 is 5.11 Å². The topological polar surface area (TPSA) is 38.0 Å². The second-order valence-electron chi connectivity index (χ2n) is 3.73. The van der Waals surface area contributed by atoms with Crippen LogP contribution in [0.5, 0.6) is 0 Å². The van der Waals surface area contributed by atoms with Crippen molar-refractivity contribution >= 4 is 11.3 Å². The Morgan fingerprint density at radius 3 is 2.60 bits per heavy atom. The minimum absolute atomic E-state index is 0.602. The monoisotopic (exact) mass is 222 g/mol. The van der Waals surface area contributed by atoms with Crippen molar-refractivity contribution in [2.75, 3.05) is 0 Å². The molecule has 4 heteroatoms. The fourth-order valence-corrected chi connectivity index (χ4v) is 2.22. The van der Waals surface area contributed by atoms with Gasteiger partial charge in [0.1, 0.15) is 6.10 Å². The first-order valence-corrected chi connectivity index (χ1v) is 5.69. The van der Waals surface area contributed by atoms with E-state index in [0.717, 1.165) is 11.3 Å². The quantitative estimate of drug-likeness (QED) is 0.845. The van der Waals surface area contributed by atoms with Crippen molar-refractivity contribution in [2.24, 2.45) is 7.05 Å². The van der Waals surface area contributed by atoms with Crippen molar-refractivity contribution in [3.05, 3.63) is 39.3 Å². The van der Waals surface area contributed by atoms with Gasteiger partial charge >= 0.3 is 0 Å². The highest BCUT2D eigenvalue weighted by molar-refractivity contribution is 7.10. The first-order chi connectivity index (χ1) is 7.08. The summed E-state index contributed by atoms with van der Waals surface area (Å²) in [6.45, 7) is 4.01. The zero-order valence-corrected chi connectivity index (χ0v) is 9.88. The molecule has 0 aliphatic rings. The lowest BCUT2D eigenvalue weighted by Crippen LogP contribution is -2.00. The molecule has 0 aromatic carbocycles. The second kappa shape index (κ2) is 3.79. The fourth-order valence-electron chi connectivity index (χ4n) is 1.50. The fraction of sp³-hybridized carbons (Fsp3) is 0.364. The highest BCUT2D eigenvalue weighted by Gasteiger charge is 2.15. The Balaban J connectivity index is 2.31. The molecule has 1 N–H and O–H groups in total. The maximum Gasteiger partial charge on any atom is 0.124 e. The van der Waals surface area contributed by atoms with Crippen molar-refractivity contribution in [3.8, 4) is 0 Å². The molecule has 2 heterocycles. The van der Waals surface area contributed by atoms with Gasteiger partial charge in [0.2, 0.25) is 0 Å². The number of aliphatic hydroxyl groups is 1. The molecule has 0 radical (unpaired) electrons. The molecule has 1 atom stereocenters. The Labute approximate surface area is 93.0 Å². The lowest BCUT2D eigenvalue weighted by molar-refractivity contribution is 0.215. The van der Waals surface area contributed by atoms with E-state index in [9.17, 15) is 5.11 Å². The van der Waals surface area contributed by atoms with Crippen LogP contribution in [0.3, 0.4) is 0 Å². The van der Waals surface area contributed by atoms with E-state index < -0.39 is 6.10 Å². The minimum Gasteiger partial charge on any atom is -0.382 e. The van der Waals surface area contributed by atoms with Gasteiger partial charge < -0.3 is 5.11 Å². The van der Waals surface area contributed by atoms with E-state index in [4.69, 9.17) is 0 Å². The molecular formula is C11H14N2OS. The molecular weight excluding hydrogens is 208 g/mol. The van der Waals surface area contributed by atoms with Crippen molar-refractivity contribution in [1.29, 1.82) is 0 Å². The summed E-state index contributed by atoms with van der Waals surface area (Å²) in [6.07, 6.45) is -0.602. The molecule has 3 nitrogen and oxygen atoms in total. The van der Waals surface area contributed by atoms with Gasteiger partial charge in [-0.2, -0.15) is 5.10 Å². The maximum atomic E-state index is 10.1. The summed E-state index contributed by atoms with van der Waals surface area (Å²) in [7, 11) is 1.88. The van der Waals surface area contributed by atoms with Crippen molar-refractivity contribution in [3.63, 3.8) is 0 Å². The number of hydrogen-bond donors (Lipinski definition) is 1. The molecule has 2 aromatic heterocycles.